The lowest BCUT2D eigenvalue weighted by Crippen LogP contribution is -2.20. The Morgan fingerprint density at radius 2 is 2.05 bits per heavy atom. The largest absolute Gasteiger partial charge is 0.350 e. The highest BCUT2D eigenvalue weighted by atomic mass is 32.1. The molecule has 1 atom stereocenters. The topological polar surface area (TPSA) is 74.7 Å². The molecule has 0 bridgehead atoms. The predicted octanol–water partition coefficient (Wildman–Crippen LogP) is 3.24. The van der Waals surface area contributed by atoms with E-state index in [1.165, 1.54) is 11.3 Å². The van der Waals surface area contributed by atoms with E-state index in [4.69, 9.17) is 11.0 Å². The van der Waals surface area contributed by atoms with E-state index in [2.05, 4.69) is 16.4 Å². The van der Waals surface area contributed by atoms with Gasteiger partial charge >= 0.3 is 0 Å². The van der Waals surface area contributed by atoms with Crippen LogP contribution in [0.15, 0.2) is 47.8 Å². The van der Waals surface area contributed by atoms with Gasteiger partial charge in [0.2, 0.25) is 0 Å². The molecule has 0 aliphatic rings. The second kappa shape index (κ2) is 5.29. The highest BCUT2D eigenvalue weighted by molar-refractivity contribution is 7.10. The minimum atomic E-state index is -0.432. The number of nitrogens with one attached hydrogen (secondary N) is 1. The summed E-state index contributed by atoms with van der Waals surface area (Å²) in [5.41, 5.74) is 7.62. The molecule has 0 aliphatic carbocycles. The molecule has 0 saturated heterocycles. The molecule has 98 valence electrons. The average Bonchev–Trinajstić information content (AvgIpc) is 2.95. The van der Waals surface area contributed by atoms with E-state index in [-0.39, 0.29) is 0 Å². The normalized spacial score (nSPS) is 12.0. The fraction of sp³-hybridized carbons (Fsp3) is 0.0667. The van der Waals surface area contributed by atoms with E-state index in [0.29, 0.717) is 11.4 Å². The number of fused-ring (bicyclic) bond motifs is 1. The molecule has 2 heterocycles. The molecular weight excluding hydrogens is 268 g/mol. The van der Waals surface area contributed by atoms with Crippen LogP contribution in [-0.2, 0) is 0 Å². The first kappa shape index (κ1) is 12.6. The van der Waals surface area contributed by atoms with Crippen molar-refractivity contribution in [1.29, 1.82) is 5.26 Å². The number of hydrogen-bond acceptors (Lipinski definition) is 5. The summed E-state index contributed by atoms with van der Waals surface area (Å²) in [5, 5.41) is 15.1. The molecule has 2 aromatic heterocycles. The molecule has 0 amide bonds. The molecular formula is C15H12N4S. The molecule has 4 nitrogen and oxygen atoms in total. The molecule has 0 saturated carbocycles. The Bertz CT molecular complexity index is 788. The molecule has 0 fully saturated rings. The Morgan fingerprint density at radius 3 is 2.90 bits per heavy atom. The van der Waals surface area contributed by atoms with E-state index in [9.17, 15) is 0 Å². The minimum absolute atomic E-state index is 0.432. The number of pyridine rings is 1. The second-order valence-corrected chi connectivity index (χ2v) is 5.27. The number of rotatable bonds is 3. The van der Waals surface area contributed by atoms with Gasteiger partial charge in [-0.1, -0.05) is 18.2 Å². The van der Waals surface area contributed by atoms with Gasteiger partial charge in [-0.15, -0.1) is 11.3 Å². The monoisotopic (exact) mass is 280 g/mol. The van der Waals surface area contributed by atoms with Crippen molar-refractivity contribution in [2.75, 3.05) is 5.32 Å². The molecule has 0 spiro atoms. The first-order chi connectivity index (χ1) is 9.78. The molecule has 0 aliphatic heterocycles. The van der Waals surface area contributed by atoms with Crippen LogP contribution in [0.1, 0.15) is 16.6 Å². The summed E-state index contributed by atoms with van der Waals surface area (Å²) in [6.45, 7) is 0. The van der Waals surface area contributed by atoms with Crippen molar-refractivity contribution in [3.63, 3.8) is 0 Å². The Hall–Kier alpha value is -2.42. The molecule has 0 radical (unpaired) electrons. The van der Waals surface area contributed by atoms with Gasteiger partial charge in [0.25, 0.3) is 0 Å². The van der Waals surface area contributed by atoms with Crippen molar-refractivity contribution < 1.29 is 0 Å². The van der Waals surface area contributed by atoms with Crippen molar-refractivity contribution in [2.45, 2.75) is 6.17 Å². The molecule has 3 rings (SSSR count). The first-order valence-corrected chi connectivity index (χ1v) is 7.01. The maximum absolute atomic E-state index is 9.02. The fourth-order valence-electron chi connectivity index (χ4n) is 2.03. The molecule has 1 aromatic carbocycles. The third-order valence-electron chi connectivity index (χ3n) is 3.00. The minimum Gasteiger partial charge on any atom is -0.350 e. The lowest BCUT2D eigenvalue weighted by molar-refractivity contribution is 0.846. The van der Waals surface area contributed by atoms with E-state index in [0.717, 1.165) is 15.8 Å². The van der Waals surface area contributed by atoms with Gasteiger partial charge < -0.3 is 11.1 Å². The molecule has 20 heavy (non-hydrogen) atoms. The third kappa shape index (κ3) is 2.35. The van der Waals surface area contributed by atoms with E-state index in [1.807, 2.05) is 41.8 Å². The van der Waals surface area contributed by atoms with Gasteiger partial charge in [0.05, 0.1) is 16.0 Å². The SMILES string of the molecule is N#Cc1ccsc1C(N)Nc1ccc2ccccc2n1. The summed E-state index contributed by atoms with van der Waals surface area (Å²) in [4.78, 5) is 5.33. The quantitative estimate of drug-likeness (QED) is 0.722. The number of benzene rings is 1. The number of para-hydroxylation sites is 1. The number of nitrogens with two attached hydrogens (primary N) is 1. The third-order valence-corrected chi connectivity index (χ3v) is 4.00. The fourth-order valence-corrected chi connectivity index (χ4v) is 2.82. The maximum Gasteiger partial charge on any atom is 0.128 e. The van der Waals surface area contributed by atoms with Gasteiger partial charge in [0, 0.05) is 5.39 Å². The summed E-state index contributed by atoms with van der Waals surface area (Å²) >= 11 is 1.47. The smallest absolute Gasteiger partial charge is 0.128 e. The predicted molar refractivity (Wildman–Crippen MR) is 81.3 cm³/mol. The zero-order valence-electron chi connectivity index (χ0n) is 10.6. The van der Waals surface area contributed by atoms with Gasteiger partial charge in [-0.25, -0.2) is 4.98 Å². The summed E-state index contributed by atoms with van der Waals surface area (Å²) in [6, 6.07) is 15.7. The Labute approximate surface area is 120 Å². The molecule has 1 unspecified atom stereocenters. The number of hydrogen-bond donors (Lipinski definition) is 2. The zero-order chi connectivity index (χ0) is 13.9. The van der Waals surface area contributed by atoms with Crippen molar-refractivity contribution in [3.8, 4) is 6.07 Å². The Morgan fingerprint density at radius 1 is 1.20 bits per heavy atom. The second-order valence-electron chi connectivity index (χ2n) is 4.32. The maximum atomic E-state index is 9.02. The van der Waals surface area contributed by atoms with Crippen LogP contribution in [0.25, 0.3) is 10.9 Å². The van der Waals surface area contributed by atoms with Gasteiger partial charge in [0.15, 0.2) is 0 Å². The van der Waals surface area contributed by atoms with Gasteiger partial charge in [-0.05, 0) is 29.6 Å². The highest BCUT2D eigenvalue weighted by Gasteiger charge is 2.13. The van der Waals surface area contributed by atoms with E-state index in [1.54, 1.807) is 6.07 Å². The van der Waals surface area contributed by atoms with Crippen molar-refractivity contribution in [1.82, 2.24) is 4.98 Å². The Kier molecular flexibility index (Phi) is 3.33. The van der Waals surface area contributed by atoms with Crippen LogP contribution in [0.5, 0.6) is 0 Å². The molecule has 3 N–H and O–H groups in total. The van der Waals surface area contributed by atoms with Crippen LogP contribution in [0.4, 0.5) is 5.82 Å². The lowest BCUT2D eigenvalue weighted by Gasteiger charge is -2.13. The van der Waals surface area contributed by atoms with Gasteiger partial charge in [-0.3, -0.25) is 0 Å². The van der Waals surface area contributed by atoms with Crippen LogP contribution < -0.4 is 11.1 Å². The number of anilines is 1. The number of nitrogens with zero attached hydrogens (tertiary/aromatic N) is 2. The van der Waals surface area contributed by atoms with E-state index >= 15 is 0 Å². The van der Waals surface area contributed by atoms with Crippen LogP contribution in [0.2, 0.25) is 0 Å². The van der Waals surface area contributed by atoms with Gasteiger partial charge in [-0.2, -0.15) is 5.26 Å². The van der Waals surface area contributed by atoms with Crippen molar-refractivity contribution >= 4 is 28.1 Å². The summed E-state index contributed by atoms with van der Waals surface area (Å²) in [5.74, 6) is 0.702. The summed E-state index contributed by atoms with van der Waals surface area (Å²) < 4.78 is 0. The summed E-state index contributed by atoms with van der Waals surface area (Å²) in [6.07, 6.45) is -0.432. The Balaban J connectivity index is 1.88. The first-order valence-electron chi connectivity index (χ1n) is 6.13. The number of thiophene rings is 1. The number of nitriles is 1. The summed E-state index contributed by atoms with van der Waals surface area (Å²) in [7, 11) is 0. The van der Waals surface area contributed by atoms with Crippen molar-refractivity contribution in [2.24, 2.45) is 5.73 Å². The van der Waals surface area contributed by atoms with Crippen LogP contribution in [0.3, 0.4) is 0 Å². The zero-order valence-corrected chi connectivity index (χ0v) is 11.4. The average molecular weight is 280 g/mol. The van der Waals surface area contributed by atoms with Crippen molar-refractivity contribution in [3.05, 3.63) is 58.3 Å². The van der Waals surface area contributed by atoms with Crippen LogP contribution >= 0.6 is 11.3 Å². The molecule has 3 aromatic rings. The highest BCUT2D eigenvalue weighted by Crippen LogP contribution is 2.24. The van der Waals surface area contributed by atoms with E-state index < -0.39 is 6.17 Å². The lowest BCUT2D eigenvalue weighted by atomic mass is 10.2. The van der Waals surface area contributed by atoms with Gasteiger partial charge in [0.1, 0.15) is 18.1 Å². The number of aromatic nitrogens is 1. The molecule has 5 heteroatoms. The standard InChI is InChI=1S/C15H12N4S/c16-9-11-7-8-20-14(11)15(17)19-13-6-5-10-3-1-2-4-12(10)18-13/h1-8,15H,17H2,(H,18,19). The van der Waals surface area contributed by atoms with Crippen LogP contribution in [0, 0.1) is 11.3 Å². The van der Waals surface area contributed by atoms with Crippen LogP contribution in [-0.4, -0.2) is 4.98 Å².